The lowest BCUT2D eigenvalue weighted by Crippen LogP contribution is -2.31. The molecule has 0 aromatic heterocycles. The van der Waals surface area contributed by atoms with Gasteiger partial charge in [0.15, 0.2) is 29.6 Å². The molecule has 202 valence electrons. The highest BCUT2D eigenvalue weighted by Gasteiger charge is 2.27. The molecule has 2 nitrogen and oxygen atoms in total. The molecule has 3 aromatic rings. The fourth-order valence-corrected chi connectivity index (χ4v) is 4.73. The molecule has 6 heteroatoms. The zero-order valence-electron chi connectivity index (χ0n) is 21.9. The SMILES string of the molecule is CC/C=C\Cc1ccc(-c2ccc(-c3ccc(C4COC(CCCCC)OC4)c(F)c3F)cc2)c(F)c1F. The van der Waals surface area contributed by atoms with E-state index in [0.29, 0.717) is 17.5 Å². The minimum absolute atomic E-state index is 0.0950. The molecule has 0 radical (unpaired) electrons. The molecule has 0 amide bonds. The van der Waals surface area contributed by atoms with Crippen molar-refractivity contribution in [2.45, 2.75) is 64.6 Å². The van der Waals surface area contributed by atoms with Gasteiger partial charge in [-0.2, -0.15) is 0 Å². The quantitative estimate of drug-likeness (QED) is 0.149. The number of halogens is 4. The van der Waals surface area contributed by atoms with Crippen molar-refractivity contribution in [3.05, 3.63) is 95.1 Å². The van der Waals surface area contributed by atoms with Gasteiger partial charge in [-0.15, -0.1) is 0 Å². The van der Waals surface area contributed by atoms with E-state index in [-0.39, 0.29) is 47.7 Å². The van der Waals surface area contributed by atoms with Crippen molar-refractivity contribution in [1.82, 2.24) is 0 Å². The third-order valence-electron chi connectivity index (χ3n) is 6.97. The molecule has 1 heterocycles. The van der Waals surface area contributed by atoms with E-state index in [9.17, 15) is 8.78 Å². The Hall–Kier alpha value is -2.96. The van der Waals surface area contributed by atoms with E-state index in [1.165, 1.54) is 6.07 Å². The standard InChI is InChI=1S/C32H34F4O2/c1-3-5-7-9-23-15-16-25(30(34)29(23)33)21-11-13-22(14-12-21)26-17-18-27(32(36)31(26)35)24-19-37-28(38-20-24)10-8-6-4-2/h5,7,11-18,24,28H,3-4,6,8-10,19-20H2,1-2H3/b7-5-. The van der Waals surface area contributed by atoms with E-state index >= 15 is 8.78 Å². The maximum atomic E-state index is 15.1. The average molecular weight is 527 g/mol. The summed E-state index contributed by atoms with van der Waals surface area (Å²) in [5.41, 5.74) is 1.60. The summed E-state index contributed by atoms with van der Waals surface area (Å²) in [6.45, 7) is 4.65. The molecule has 1 aliphatic heterocycles. The maximum absolute atomic E-state index is 15.1. The van der Waals surface area contributed by atoms with Crippen LogP contribution in [0.3, 0.4) is 0 Å². The molecular formula is C32H34F4O2. The van der Waals surface area contributed by atoms with E-state index in [1.807, 2.05) is 19.1 Å². The van der Waals surface area contributed by atoms with Crippen molar-refractivity contribution in [3.8, 4) is 22.3 Å². The number of hydrogen-bond acceptors (Lipinski definition) is 2. The number of allylic oxidation sites excluding steroid dienone is 2. The number of hydrogen-bond donors (Lipinski definition) is 0. The highest BCUT2D eigenvalue weighted by molar-refractivity contribution is 5.71. The second-order valence-corrected chi connectivity index (χ2v) is 9.68. The fourth-order valence-electron chi connectivity index (χ4n) is 4.73. The van der Waals surface area contributed by atoms with Crippen LogP contribution in [0.2, 0.25) is 0 Å². The minimum atomic E-state index is -0.956. The predicted octanol–water partition coefficient (Wildman–Crippen LogP) is 9.12. The van der Waals surface area contributed by atoms with E-state index in [4.69, 9.17) is 9.47 Å². The molecule has 0 atom stereocenters. The molecular weight excluding hydrogens is 492 g/mol. The molecule has 0 saturated carbocycles. The number of benzene rings is 3. The van der Waals surface area contributed by atoms with Gasteiger partial charge in [-0.1, -0.05) is 87.4 Å². The van der Waals surface area contributed by atoms with Gasteiger partial charge in [0.1, 0.15) is 0 Å². The Bertz CT molecular complexity index is 1250. The molecule has 0 N–H and O–H groups in total. The van der Waals surface area contributed by atoms with Gasteiger partial charge in [-0.25, -0.2) is 17.6 Å². The molecule has 0 spiro atoms. The van der Waals surface area contributed by atoms with Gasteiger partial charge in [0.2, 0.25) is 0 Å². The van der Waals surface area contributed by atoms with Crippen LogP contribution >= 0.6 is 0 Å². The highest BCUT2D eigenvalue weighted by atomic mass is 19.2. The normalized spacial score (nSPS) is 17.8. The molecule has 1 aliphatic rings. The van der Waals surface area contributed by atoms with Gasteiger partial charge in [0, 0.05) is 17.0 Å². The molecule has 3 aromatic carbocycles. The Labute approximate surface area is 222 Å². The van der Waals surface area contributed by atoms with Crippen molar-refractivity contribution in [2.24, 2.45) is 0 Å². The minimum Gasteiger partial charge on any atom is -0.352 e. The predicted molar refractivity (Wildman–Crippen MR) is 143 cm³/mol. The molecule has 1 fully saturated rings. The topological polar surface area (TPSA) is 18.5 Å². The third kappa shape index (κ3) is 6.36. The van der Waals surface area contributed by atoms with Crippen LogP contribution in [0.15, 0.2) is 60.7 Å². The van der Waals surface area contributed by atoms with Gasteiger partial charge < -0.3 is 9.47 Å². The summed E-state index contributed by atoms with van der Waals surface area (Å²) < 4.78 is 71.1. The van der Waals surface area contributed by atoms with Crippen molar-refractivity contribution in [1.29, 1.82) is 0 Å². The second kappa shape index (κ2) is 13.2. The number of unbranched alkanes of at least 4 members (excludes halogenated alkanes) is 2. The second-order valence-electron chi connectivity index (χ2n) is 9.68. The Morgan fingerprint density at radius 2 is 1.32 bits per heavy atom. The molecule has 1 saturated heterocycles. The molecule has 0 bridgehead atoms. The lowest BCUT2D eigenvalue weighted by Gasteiger charge is -2.30. The van der Waals surface area contributed by atoms with Gasteiger partial charge in [-0.3, -0.25) is 0 Å². The van der Waals surface area contributed by atoms with Crippen LogP contribution in [-0.2, 0) is 15.9 Å². The average Bonchev–Trinajstić information content (AvgIpc) is 2.94. The summed E-state index contributed by atoms with van der Waals surface area (Å²) in [5, 5.41) is 0. The summed E-state index contributed by atoms with van der Waals surface area (Å²) >= 11 is 0. The lowest BCUT2D eigenvalue weighted by molar-refractivity contribution is -0.190. The summed E-state index contributed by atoms with van der Waals surface area (Å²) in [5.74, 6) is -4.07. The summed E-state index contributed by atoms with van der Waals surface area (Å²) in [4.78, 5) is 0. The van der Waals surface area contributed by atoms with Gasteiger partial charge in [0.25, 0.3) is 0 Å². The number of ether oxygens (including phenoxy) is 2. The molecule has 0 aliphatic carbocycles. The fraction of sp³-hybridized carbons (Fsp3) is 0.375. The van der Waals surface area contributed by atoms with E-state index < -0.39 is 23.3 Å². The first-order chi connectivity index (χ1) is 18.4. The van der Waals surface area contributed by atoms with Crippen molar-refractivity contribution in [3.63, 3.8) is 0 Å². The largest absolute Gasteiger partial charge is 0.352 e. The van der Waals surface area contributed by atoms with Crippen molar-refractivity contribution < 1.29 is 27.0 Å². The van der Waals surface area contributed by atoms with Crippen LogP contribution in [-0.4, -0.2) is 19.5 Å². The Morgan fingerprint density at radius 3 is 1.92 bits per heavy atom. The molecule has 0 unspecified atom stereocenters. The maximum Gasteiger partial charge on any atom is 0.166 e. The molecule has 4 rings (SSSR count). The van der Waals surface area contributed by atoms with E-state index in [1.54, 1.807) is 42.5 Å². The third-order valence-corrected chi connectivity index (χ3v) is 6.97. The zero-order valence-corrected chi connectivity index (χ0v) is 21.9. The van der Waals surface area contributed by atoms with Crippen molar-refractivity contribution >= 4 is 0 Å². The first-order valence-corrected chi connectivity index (χ1v) is 13.4. The van der Waals surface area contributed by atoms with Gasteiger partial charge in [-0.05, 0) is 47.9 Å². The summed E-state index contributed by atoms with van der Waals surface area (Å²) in [6, 6.07) is 12.5. The lowest BCUT2D eigenvalue weighted by atomic mass is 9.94. The van der Waals surface area contributed by atoms with Crippen LogP contribution in [0.1, 0.15) is 63.0 Å². The van der Waals surface area contributed by atoms with Gasteiger partial charge >= 0.3 is 0 Å². The smallest absolute Gasteiger partial charge is 0.166 e. The van der Waals surface area contributed by atoms with Crippen LogP contribution in [0.4, 0.5) is 17.6 Å². The highest BCUT2D eigenvalue weighted by Crippen LogP contribution is 2.34. The van der Waals surface area contributed by atoms with Gasteiger partial charge in [0.05, 0.1) is 13.2 Å². The van der Waals surface area contributed by atoms with Crippen LogP contribution in [0, 0.1) is 23.3 Å². The monoisotopic (exact) mass is 526 g/mol. The Kier molecular flexibility index (Phi) is 9.75. The van der Waals surface area contributed by atoms with Crippen molar-refractivity contribution in [2.75, 3.05) is 13.2 Å². The van der Waals surface area contributed by atoms with Crippen LogP contribution < -0.4 is 0 Å². The zero-order chi connectivity index (χ0) is 27.1. The van der Waals surface area contributed by atoms with Crippen LogP contribution in [0.25, 0.3) is 22.3 Å². The number of rotatable bonds is 10. The summed E-state index contributed by atoms with van der Waals surface area (Å²) in [6.07, 6.45) is 8.56. The Morgan fingerprint density at radius 1 is 0.711 bits per heavy atom. The first kappa shape index (κ1) is 28.1. The Balaban J connectivity index is 1.48. The van der Waals surface area contributed by atoms with Crippen LogP contribution in [0.5, 0.6) is 0 Å². The summed E-state index contributed by atoms with van der Waals surface area (Å²) in [7, 11) is 0. The first-order valence-electron chi connectivity index (χ1n) is 13.4. The molecule has 38 heavy (non-hydrogen) atoms. The van der Waals surface area contributed by atoms with E-state index in [2.05, 4.69) is 6.92 Å². The van der Waals surface area contributed by atoms with E-state index in [0.717, 1.165) is 32.1 Å².